The largest absolute Gasteiger partial charge is 0.506 e. The monoisotopic (exact) mass is 1070 g/mol. The molecule has 6 aromatic carbocycles. The summed E-state index contributed by atoms with van der Waals surface area (Å²) in [7, 11) is 1.61. The van der Waals surface area contributed by atoms with Gasteiger partial charge in [-0.25, -0.2) is 29.9 Å². The summed E-state index contributed by atoms with van der Waals surface area (Å²) in [5.41, 5.74) is 20.4. The van der Waals surface area contributed by atoms with E-state index in [4.69, 9.17) is 69.2 Å². The second kappa shape index (κ2) is 21.1. The molecular formula is C60H55Cl3FN9O3. The average Bonchev–Trinajstić information content (AvgIpc) is 4.09. The van der Waals surface area contributed by atoms with E-state index < -0.39 is 0 Å². The number of methoxy groups -OCH3 is 1. The van der Waals surface area contributed by atoms with Crippen molar-refractivity contribution in [3.05, 3.63) is 175 Å². The van der Waals surface area contributed by atoms with Gasteiger partial charge in [-0.1, -0.05) is 108 Å². The van der Waals surface area contributed by atoms with Crippen LogP contribution >= 0.6 is 34.8 Å². The first-order chi connectivity index (χ1) is 36.0. The van der Waals surface area contributed by atoms with E-state index in [1.165, 1.54) is 11.1 Å². The lowest BCUT2D eigenvalue weighted by atomic mass is 10.1. The maximum absolute atomic E-state index is 9.92. The van der Waals surface area contributed by atoms with Crippen molar-refractivity contribution >= 4 is 84.5 Å². The highest BCUT2D eigenvalue weighted by atomic mass is 35.5. The fourth-order valence-corrected chi connectivity index (χ4v) is 10.7. The summed E-state index contributed by atoms with van der Waals surface area (Å²) in [4.78, 5) is 28.7. The number of halogens is 4. The topological polar surface area (TPSA) is 129 Å². The summed E-state index contributed by atoms with van der Waals surface area (Å²) < 4.78 is 17.4. The summed E-state index contributed by atoms with van der Waals surface area (Å²) in [5.74, 6) is 3.98. The van der Waals surface area contributed by atoms with Gasteiger partial charge in [0, 0.05) is 34.9 Å². The predicted octanol–water partition coefficient (Wildman–Crippen LogP) is 15.6. The number of ether oxygens (including phenoxy) is 2. The van der Waals surface area contributed by atoms with Gasteiger partial charge in [-0.15, -0.1) is 0 Å². The number of hydrogen-bond acceptors (Lipinski definition) is 9. The molecule has 0 bridgehead atoms. The number of fused-ring (bicyclic) bond motifs is 9. The lowest BCUT2D eigenvalue weighted by Crippen LogP contribution is -2.00. The highest BCUT2D eigenvalue weighted by Gasteiger charge is 2.22. The van der Waals surface area contributed by atoms with Gasteiger partial charge >= 0.3 is 0 Å². The van der Waals surface area contributed by atoms with Gasteiger partial charge < -0.3 is 14.6 Å². The number of hydrogen-bond donors (Lipinski definition) is 1. The summed E-state index contributed by atoms with van der Waals surface area (Å²) in [6.07, 6.45) is 0. The van der Waals surface area contributed by atoms with Crippen molar-refractivity contribution in [1.82, 2.24) is 43.1 Å². The third kappa shape index (κ3) is 9.26. The molecule has 12 rings (SSSR count). The Bertz CT molecular complexity index is 4260. The second-order valence-corrected chi connectivity index (χ2v) is 19.8. The highest BCUT2D eigenvalue weighted by Crippen LogP contribution is 2.38. The van der Waals surface area contributed by atoms with Crippen LogP contribution in [0.15, 0.2) is 109 Å². The Labute approximate surface area is 453 Å². The minimum Gasteiger partial charge on any atom is -0.506 e. The Morgan fingerprint density at radius 3 is 1.11 bits per heavy atom. The molecular weight excluding hydrogens is 1020 g/mol. The van der Waals surface area contributed by atoms with Crippen LogP contribution in [0.25, 0.3) is 83.8 Å². The molecule has 6 heterocycles. The van der Waals surface area contributed by atoms with Crippen LogP contribution in [0.3, 0.4) is 0 Å². The van der Waals surface area contributed by atoms with Crippen LogP contribution in [0.1, 0.15) is 57.8 Å². The van der Waals surface area contributed by atoms with Crippen molar-refractivity contribution in [2.75, 3.05) is 13.7 Å². The minimum atomic E-state index is 0. The predicted molar refractivity (Wildman–Crippen MR) is 307 cm³/mol. The molecule has 386 valence electrons. The van der Waals surface area contributed by atoms with Crippen LogP contribution in [0, 0.1) is 62.3 Å². The van der Waals surface area contributed by atoms with E-state index in [-0.39, 0.29) is 10.5 Å². The summed E-state index contributed by atoms with van der Waals surface area (Å²) >= 11 is 19.0. The number of phenols is 1. The van der Waals surface area contributed by atoms with Gasteiger partial charge in [0.25, 0.3) is 0 Å². The second-order valence-electron chi connectivity index (χ2n) is 18.6. The number of aryl methyl sites for hydroxylation is 9. The molecule has 0 atom stereocenters. The molecule has 1 N–H and O–H groups in total. The van der Waals surface area contributed by atoms with Gasteiger partial charge in [0.2, 0.25) is 0 Å². The number of phenolic OH excluding ortho intramolecular Hbond substituents is 1. The van der Waals surface area contributed by atoms with Crippen LogP contribution in [0.2, 0.25) is 15.1 Å². The molecule has 0 saturated carbocycles. The molecule has 0 aliphatic heterocycles. The average molecular weight is 1080 g/mol. The van der Waals surface area contributed by atoms with E-state index in [9.17, 15) is 5.11 Å². The van der Waals surface area contributed by atoms with Crippen LogP contribution in [0.5, 0.6) is 17.2 Å². The highest BCUT2D eigenvalue weighted by molar-refractivity contribution is 6.33. The molecule has 0 aliphatic rings. The molecule has 12 nitrogen and oxygen atoms in total. The number of aromatic hydroxyl groups is 1. The van der Waals surface area contributed by atoms with Crippen molar-refractivity contribution < 1.29 is 19.3 Å². The van der Waals surface area contributed by atoms with Gasteiger partial charge in [-0.3, -0.25) is 17.9 Å². The van der Waals surface area contributed by atoms with E-state index in [1.807, 2.05) is 109 Å². The van der Waals surface area contributed by atoms with E-state index >= 15 is 0 Å². The molecule has 76 heavy (non-hydrogen) atoms. The summed E-state index contributed by atoms with van der Waals surface area (Å²) in [6.45, 7) is 20.8. The maximum Gasteiger partial charge on any atom is 0.145 e. The van der Waals surface area contributed by atoms with Crippen LogP contribution in [0.4, 0.5) is 4.70 Å². The zero-order valence-corrected chi connectivity index (χ0v) is 46.2. The van der Waals surface area contributed by atoms with Crippen molar-refractivity contribution in [2.45, 2.75) is 69.2 Å². The molecule has 0 spiro atoms. The Hall–Kier alpha value is -7.84. The molecule has 6 aromatic heterocycles. The van der Waals surface area contributed by atoms with Gasteiger partial charge in [-0.05, 0) is 104 Å². The van der Waals surface area contributed by atoms with E-state index in [0.717, 1.165) is 118 Å². The molecule has 0 fully saturated rings. The maximum atomic E-state index is 9.92. The fraction of sp³-hybridized carbons (Fsp3) is 0.200. The zero-order valence-electron chi connectivity index (χ0n) is 43.9. The van der Waals surface area contributed by atoms with E-state index in [0.29, 0.717) is 38.7 Å². The number of benzene rings is 6. The number of imidazole rings is 3. The first-order valence-electron chi connectivity index (χ1n) is 24.5. The fourth-order valence-electron chi connectivity index (χ4n) is 10.1. The SMILES string of the molecule is CCOc1cc2nc(C)c3c(C)nc(-c4ccccc4C)n3c2cc1Cl.COc1cc2nc(C)c3c(C)nc(-c4ccccc4C)n3c2cc1Cl.Cc1ccccc1-c1nc(C)c2c(C)nc3cc(O)c(Cl)cc3n12.F. The van der Waals surface area contributed by atoms with Gasteiger partial charge in [0.1, 0.15) is 34.7 Å². The Morgan fingerprint density at radius 2 is 0.750 bits per heavy atom. The molecule has 0 saturated heterocycles. The first kappa shape index (κ1) is 53.0. The molecule has 0 amide bonds. The lowest BCUT2D eigenvalue weighted by Gasteiger charge is -2.12. The quantitative estimate of drug-likeness (QED) is 0.173. The number of nitrogens with zero attached hydrogens (tertiary/aromatic N) is 9. The Kier molecular flexibility index (Phi) is 14.7. The number of rotatable bonds is 6. The van der Waals surface area contributed by atoms with Crippen molar-refractivity contribution in [3.8, 4) is 51.4 Å². The van der Waals surface area contributed by atoms with Crippen molar-refractivity contribution in [3.63, 3.8) is 0 Å². The molecule has 16 heteroatoms. The lowest BCUT2D eigenvalue weighted by molar-refractivity contribution is 0.341. The molecule has 0 unspecified atom stereocenters. The third-order valence-corrected chi connectivity index (χ3v) is 14.4. The van der Waals surface area contributed by atoms with Crippen LogP contribution < -0.4 is 9.47 Å². The smallest absolute Gasteiger partial charge is 0.145 e. The van der Waals surface area contributed by atoms with Gasteiger partial charge in [0.05, 0.1) is 113 Å². The van der Waals surface area contributed by atoms with Gasteiger partial charge in [-0.2, -0.15) is 0 Å². The minimum absolute atomic E-state index is 0. The van der Waals surface area contributed by atoms with Gasteiger partial charge in [0.15, 0.2) is 0 Å². The van der Waals surface area contributed by atoms with Crippen LogP contribution in [-0.2, 0) is 0 Å². The molecule has 12 aromatic rings. The first-order valence-corrected chi connectivity index (χ1v) is 25.6. The van der Waals surface area contributed by atoms with Crippen molar-refractivity contribution in [2.24, 2.45) is 0 Å². The summed E-state index contributed by atoms with van der Waals surface area (Å²) in [6, 6.07) is 35.6. The Balaban J connectivity index is 0.000000138. The molecule has 0 radical (unpaired) electrons. The Morgan fingerprint density at radius 1 is 0.434 bits per heavy atom. The summed E-state index contributed by atoms with van der Waals surface area (Å²) in [5, 5.41) is 11.4. The normalized spacial score (nSPS) is 11.3. The van der Waals surface area contributed by atoms with Crippen molar-refractivity contribution in [1.29, 1.82) is 0 Å². The standard InChI is InChI=1S/C21H20ClN3O.C20H18ClN3O.C19H16ClN3O.FH/c1-5-26-19-11-17-18(10-16(19)22)25-20(13(3)23-17)14(4)24-21(25)15-9-7-6-8-12(15)2;1-11-7-5-6-8-14(11)20-23-13(3)19-12(2)22-16-10-18(25-4)15(21)9-17(16)24(19)20;1-10-6-4-5-7-13(10)19-22-12(3)18-11(2)21-15-9-17(24)14(20)8-16(15)23(18)19;/h6-11H,5H2,1-4H3;5-10H,1-4H3;4-9,24H,1-3H3;1H. The number of aromatic nitrogens is 9. The third-order valence-electron chi connectivity index (χ3n) is 13.6. The van der Waals surface area contributed by atoms with E-state index in [1.54, 1.807) is 19.2 Å². The van der Waals surface area contributed by atoms with Crippen LogP contribution in [-0.4, -0.2) is 61.9 Å². The molecule has 0 aliphatic carbocycles. The van der Waals surface area contributed by atoms with E-state index in [2.05, 4.69) is 75.4 Å². The zero-order chi connectivity index (χ0) is 53.1.